The Bertz CT molecular complexity index is 375. The van der Waals surface area contributed by atoms with Gasteiger partial charge in [-0.15, -0.1) is 0 Å². The zero-order chi connectivity index (χ0) is 13.7. The zero-order valence-electron chi connectivity index (χ0n) is 11.9. The second-order valence-electron chi connectivity index (χ2n) is 5.39. The largest absolute Gasteiger partial charge is 0.371 e. The third kappa shape index (κ3) is 4.51. The van der Waals surface area contributed by atoms with Crippen LogP contribution in [0.3, 0.4) is 0 Å². The first-order valence-corrected chi connectivity index (χ1v) is 7.10. The van der Waals surface area contributed by atoms with Crippen LogP contribution >= 0.6 is 11.6 Å². The molecule has 0 aromatic heterocycles. The van der Waals surface area contributed by atoms with Crippen LogP contribution in [0.1, 0.15) is 33.3 Å². The molecule has 1 unspecified atom stereocenters. The van der Waals surface area contributed by atoms with Gasteiger partial charge in [0.2, 0.25) is 0 Å². The number of rotatable bonds is 6. The molecule has 0 saturated carbocycles. The zero-order valence-corrected chi connectivity index (χ0v) is 12.7. The molecule has 0 aliphatic carbocycles. The van der Waals surface area contributed by atoms with E-state index in [1.54, 1.807) is 0 Å². The predicted molar refractivity (Wildman–Crippen MR) is 81.5 cm³/mol. The van der Waals surface area contributed by atoms with E-state index in [0.717, 1.165) is 24.5 Å². The van der Waals surface area contributed by atoms with Gasteiger partial charge in [-0.3, -0.25) is 0 Å². The van der Waals surface area contributed by atoms with E-state index < -0.39 is 0 Å². The highest BCUT2D eigenvalue weighted by Crippen LogP contribution is 2.26. The Labute approximate surface area is 116 Å². The Kier molecular flexibility index (Phi) is 5.97. The highest BCUT2D eigenvalue weighted by Gasteiger charge is 2.12. The molecule has 18 heavy (non-hydrogen) atoms. The van der Waals surface area contributed by atoms with E-state index in [1.165, 1.54) is 11.3 Å². The van der Waals surface area contributed by atoms with E-state index >= 15 is 0 Å². The van der Waals surface area contributed by atoms with Crippen molar-refractivity contribution in [2.45, 2.75) is 40.2 Å². The molecule has 102 valence electrons. The molecule has 0 radical (unpaired) electrons. The Hall–Kier alpha value is -0.730. The van der Waals surface area contributed by atoms with E-state index in [9.17, 15) is 0 Å². The SMILES string of the molecule is CCN(CC(C)C)c1ccc(Cl)cc1CC(C)N. The second-order valence-corrected chi connectivity index (χ2v) is 5.82. The van der Waals surface area contributed by atoms with Crippen LogP contribution in [-0.2, 0) is 6.42 Å². The van der Waals surface area contributed by atoms with Crippen LogP contribution in [0.4, 0.5) is 5.69 Å². The minimum absolute atomic E-state index is 0.153. The minimum Gasteiger partial charge on any atom is -0.371 e. The monoisotopic (exact) mass is 268 g/mol. The smallest absolute Gasteiger partial charge is 0.0410 e. The molecule has 3 heteroatoms. The van der Waals surface area contributed by atoms with E-state index in [1.807, 2.05) is 19.1 Å². The first-order valence-electron chi connectivity index (χ1n) is 6.73. The number of benzene rings is 1. The van der Waals surface area contributed by atoms with Crippen LogP contribution < -0.4 is 10.6 Å². The molecule has 0 spiro atoms. The first kappa shape index (κ1) is 15.3. The van der Waals surface area contributed by atoms with E-state index in [2.05, 4.69) is 31.7 Å². The summed E-state index contributed by atoms with van der Waals surface area (Å²) in [6.07, 6.45) is 0.866. The van der Waals surface area contributed by atoms with Crippen LogP contribution in [0.2, 0.25) is 5.02 Å². The molecule has 1 atom stereocenters. The Balaban J connectivity index is 3.04. The highest BCUT2D eigenvalue weighted by molar-refractivity contribution is 6.30. The van der Waals surface area contributed by atoms with Crippen molar-refractivity contribution >= 4 is 17.3 Å². The Morgan fingerprint density at radius 1 is 1.28 bits per heavy atom. The fourth-order valence-electron chi connectivity index (χ4n) is 2.21. The van der Waals surface area contributed by atoms with Gasteiger partial charge in [0.1, 0.15) is 0 Å². The van der Waals surface area contributed by atoms with Gasteiger partial charge in [-0.1, -0.05) is 25.4 Å². The lowest BCUT2D eigenvalue weighted by molar-refractivity contribution is 0.615. The molecule has 0 aliphatic rings. The van der Waals surface area contributed by atoms with E-state index in [0.29, 0.717) is 5.92 Å². The summed E-state index contributed by atoms with van der Waals surface area (Å²) in [6, 6.07) is 6.28. The van der Waals surface area contributed by atoms with Gasteiger partial charge in [0.05, 0.1) is 0 Å². The third-order valence-corrected chi connectivity index (χ3v) is 3.13. The van der Waals surface area contributed by atoms with Crippen molar-refractivity contribution in [3.8, 4) is 0 Å². The molecule has 0 bridgehead atoms. The van der Waals surface area contributed by atoms with Gasteiger partial charge in [-0.05, 0) is 49.9 Å². The summed E-state index contributed by atoms with van der Waals surface area (Å²) in [4.78, 5) is 2.40. The number of anilines is 1. The summed E-state index contributed by atoms with van der Waals surface area (Å²) < 4.78 is 0. The maximum Gasteiger partial charge on any atom is 0.0410 e. The maximum atomic E-state index is 6.09. The van der Waals surface area contributed by atoms with Crippen molar-refractivity contribution in [1.29, 1.82) is 0 Å². The molecule has 1 aromatic carbocycles. The van der Waals surface area contributed by atoms with Crippen molar-refractivity contribution in [1.82, 2.24) is 0 Å². The van der Waals surface area contributed by atoms with Crippen LogP contribution in [0.15, 0.2) is 18.2 Å². The molecule has 0 saturated heterocycles. The van der Waals surface area contributed by atoms with E-state index in [4.69, 9.17) is 17.3 Å². The number of hydrogen-bond acceptors (Lipinski definition) is 2. The normalized spacial score (nSPS) is 12.8. The lowest BCUT2D eigenvalue weighted by atomic mass is 10.0. The van der Waals surface area contributed by atoms with Gasteiger partial charge >= 0.3 is 0 Å². The lowest BCUT2D eigenvalue weighted by Gasteiger charge is -2.28. The number of hydrogen-bond donors (Lipinski definition) is 1. The predicted octanol–water partition coefficient (Wildman–Crippen LogP) is 3.71. The quantitative estimate of drug-likeness (QED) is 0.852. The van der Waals surface area contributed by atoms with E-state index in [-0.39, 0.29) is 6.04 Å². The van der Waals surface area contributed by atoms with Gasteiger partial charge in [-0.25, -0.2) is 0 Å². The number of nitrogens with zero attached hydrogens (tertiary/aromatic N) is 1. The molecule has 0 heterocycles. The summed E-state index contributed by atoms with van der Waals surface area (Å²) in [5.41, 5.74) is 8.45. The molecule has 0 fully saturated rings. The second kappa shape index (κ2) is 7.01. The molecule has 2 nitrogen and oxygen atoms in total. The molecule has 2 N–H and O–H groups in total. The van der Waals surface area contributed by atoms with Crippen LogP contribution in [0, 0.1) is 5.92 Å². The summed E-state index contributed by atoms with van der Waals surface area (Å²) in [6.45, 7) is 10.8. The Morgan fingerprint density at radius 3 is 2.44 bits per heavy atom. The van der Waals surface area contributed by atoms with Crippen molar-refractivity contribution in [2.75, 3.05) is 18.0 Å². The third-order valence-electron chi connectivity index (χ3n) is 2.89. The summed E-state index contributed by atoms with van der Waals surface area (Å²) in [7, 11) is 0. The molecule has 0 amide bonds. The van der Waals surface area contributed by atoms with Gasteiger partial charge < -0.3 is 10.6 Å². The maximum absolute atomic E-state index is 6.09. The average Bonchev–Trinajstić information content (AvgIpc) is 2.25. The van der Waals surface area contributed by atoms with Gasteiger partial charge in [-0.2, -0.15) is 0 Å². The fraction of sp³-hybridized carbons (Fsp3) is 0.600. The van der Waals surface area contributed by atoms with Crippen LogP contribution in [0.5, 0.6) is 0 Å². The standard InChI is InChI=1S/C15H25ClN2/c1-5-18(10-11(2)3)15-7-6-14(16)9-13(15)8-12(4)17/h6-7,9,11-12H,5,8,10,17H2,1-4H3. The van der Waals surface area contributed by atoms with Gasteiger partial charge in [0.25, 0.3) is 0 Å². The minimum atomic E-state index is 0.153. The topological polar surface area (TPSA) is 29.3 Å². The lowest BCUT2D eigenvalue weighted by Crippen LogP contribution is -2.29. The van der Waals surface area contributed by atoms with Gasteiger partial charge in [0, 0.05) is 29.8 Å². The molecule has 0 aliphatic heterocycles. The number of halogens is 1. The molecular formula is C15H25ClN2. The number of nitrogens with two attached hydrogens (primary N) is 1. The van der Waals surface area contributed by atoms with Gasteiger partial charge in [0.15, 0.2) is 0 Å². The average molecular weight is 269 g/mol. The summed E-state index contributed by atoms with van der Waals surface area (Å²) in [5.74, 6) is 0.642. The molecular weight excluding hydrogens is 244 g/mol. The van der Waals surface area contributed by atoms with Crippen molar-refractivity contribution in [3.05, 3.63) is 28.8 Å². The van der Waals surface area contributed by atoms with Crippen LogP contribution in [-0.4, -0.2) is 19.1 Å². The highest BCUT2D eigenvalue weighted by atomic mass is 35.5. The molecule has 1 rings (SSSR count). The summed E-state index contributed by atoms with van der Waals surface area (Å²) >= 11 is 6.09. The summed E-state index contributed by atoms with van der Waals surface area (Å²) in [5, 5.41) is 0.787. The fourth-order valence-corrected chi connectivity index (χ4v) is 2.41. The van der Waals surface area contributed by atoms with Crippen molar-refractivity contribution in [3.63, 3.8) is 0 Å². The van der Waals surface area contributed by atoms with Crippen molar-refractivity contribution < 1.29 is 0 Å². The Morgan fingerprint density at radius 2 is 1.94 bits per heavy atom. The molecule has 1 aromatic rings. The van der Waals surface area contributed by atoms with Crippen LogP contribution in [0.25, 0.3) is 0 Å². The first-order chi connectivity index (χ1) is 8.43. The van der Waals surface area contributed by atoms with Crippen molar-refractivity contribution in [2.24, 2.45) is 11.7 Å².